The van der Waals surface area contributed by atoms with Gasteiger partial charge in [0.05, 0.1) is 0 Å². The SMILES string of the molecule is CC(C)NCC(C1CCCCC1)C(C)(C)C. The van der Waals surface area contributed by atoms with Crippen LogP contribution in [0, 0.1) is 17.3 Å². The summed E-state index contributed by atoms with van der Waals surface area (Å²) in [5, 5.41) is 3.65. The normalized spacial score (nSPS) is 21.4. The zero-order valence-corrected chi connectivity index (χ0v) is 12.0. The summed E-state index contributed by atoms with van der Waals surface area (Å²) in [4.78, 5) is 0. The highest BCUT2D eigenvalue weighted by molar-refractivity contribution is 4.84. The van der Waals surface area contributed by atoms with Crippen LogP contribution in [-0.2, 0) is 0 Å². The standard InChI is InChI=1S/C15H31N/c1-12(2)16-11-14(15(3,4)5)13-9-7-6-8-10-13/h12-14,16H,6-11H2,1-5H3. The predicted molar refractivity (Wildman–Crippen MR) is 72.7 cm³/mol. The summed E-state index contributed by atoms with van der Waals surface area (Å²) in [5.41, 5.74) is 0.448. The van der Waals surface area contributed by atoms with Crippen LogP contribution < -0.4 is 5.32 Å². The van der Waals surface area contributed by atoms with E-state index in [-0.39, 0.29) is 0 Å². The molecule has 0 aromatic rings. The summed E-state index contributed by atoms with van der Waals surface area (Å²) >= 11 is 0. The molecule has 0 amide bonds. The minimum absolute atomic E-state index is 0.448. The third kappa shape index (κ3) is 4.45. The molecule has 0 radical (unpaired) electrons. The maximum Gasteiger partial charge on any atom is 0.00104 e. The molecule has 0 aromatic heterocycles. The van der Waals surface area contributed by atoms with Crippen LogP contribution in [0.1, 0.15) is 66.7 Å². The second-order valence-electron chi connectivity index (χ2n) is 6.93. The first kappa shape index (κ1) is 14.0. The van der Waals surface area contributed by atoms with Gasteiger partial charge >= 0.3 is 0 Å². The second-order valence-corrected chi connectivity index (χ2v) is 6.93. The summed E-state index contributed by atoms with van der Waals surface area (Å²) in [7, 11) is 0. The molecule has 0 bridgehead atoms. The van der Waals surface area contributed by atoms with E-state index in [9.17, 15) is 0 Å². The number of nitrogens with one attached hydrogen (secondary N) is 1. The molecule has 1 heteroatoms. The number of hydrogen-bond donors (Lipinski definition) is 1. The molecule has 1 N–H and O–H groups in total. The molecular formula is C15H31N. The largest absolute Gasteiger partial charge is 0.314 e. The van der Waals surface area contributed by atoms with E-state index >= 15 is 0 Å². The third-order valence-corrected chi connectivity index (χ3v) is 4.08. The van der Waals surface area contributed by atoms with E-state index in [4.69, 9.17) is 0 Å². The molecule has 1 unspecified atom stereocenters. The van der Waals surface area contributed by atoms with Crippen molar-refractivity contribution in [3.05, 3.63) is 0 Å². The minimum atomic E-state index is 0.448. The van der Waals surface area contributed by atoms with Gasteiger partial charge in [-0.05, 0) is 23.8 Å². The van der Waals surface area contributed by atoms with Crippen molar-refractivity contribution in [1.29, 1.82) is 0 Å². The number of rotatable bonds is 4. The van der Waals surface area contributed by atoms with Crippen molar-refractivity contribution in [3.8, 4) is 0 Å². The Balaban J connectivity index is 2.55. The molecule has 0 saturated heterocycles. The van der Waals surface area contributed by atoms with Gasteiger partial charge in [0.2, 0.25) is 0 Å². The molecule has 0 aliphatic heterocycles. The predicted octanol–water partition coefficient (Wildman–Crippen LogP) is 4.23. The lowest BCUT2D eigenvalue weighted by Crippen LogP contribution is -2.40. The molecule has 1 fully saturated rings. The first-order valence-corrected chi connectivity index (χ1v) is 7.14. The molecule has 96 valence electrons. The fourth-order valence-electron chi connectivity index (χ4n) is 3.08. The van der Waals surface area contributed by atoms with Crippen LogP contribution in [-0.4, -0.2) is 12.6 Å². The van der Waals surface area contributed by atoms with E-state index in [0.29, 0.717) is 11.5 Å². The van der Waals surface area contributed by atoms with Gasteiger partial charge < -0.3 is 5.32 Å². The molecule has 0 heterocycles. The summed E-state index contributed by atoms with van der Waals surface area (Å²) < 4.78 is 0. The fourth-order valence-corrected chi connectivity index (χ4v) is 3.08. The Kier molecular flexibility index (Phi) is 5.30. The lowest BCUT2D eigenvalue weighted by Gasteiger charge is -2.39. The van der Waals surface area contributed by atoms with Crippen molar-refractivity contribution in [2.45, 2.75) is 72.8 Å². The van der Waals surface area contributed by atoms with Gasteiger partial charge in [-0.25, -0.2) is 0 Å². The van der Waals surface area contributed by atoms with E-state index < -0.39 is 0 Å². The molecule has 1 aliphatic carbocycles. The van der Waals surface area contributed by atoms with E-state index in [1.807, 2.05) is 0 Å². The first-order valence-electron chi connectivity index (χ1n) is 7.14. The Morgan fingerprint density at radius 3 is 2.06 bits per heavy atom. The lowest BCUT2D eigenvalue weighted by atomic mass is 9.68. The van der Waals surface area contributed by atoms with Crippen molar-refractivity contribution < 1.29 is 0 Å². The van der Waals surface area contributed by atoms with E-state index in [0.717, 1.165) is 11.8 Å². The van der Waals surface area contributed by atoms with Crippen LogP contribution in [0.25, 0.3) is 0 Å². The Hall–Kier alpha value is -0.0400. The number of hydrogen-bond acceptors (Lipinski definition) is 1. The molecule has 1 rings (SSSR count). The van der Waals surface area contributed by atoms with Gasteiger partial charge in [-0.3, -0.25) is 0 Å². The molecule has 1 atom stereocenters. The van der Waals surface area contributed by atoms with Crippen molar-refractivity contribution in [2.75, 3.05) is 6.54 Å². The molecule has 1 nitrogen and oxygen atoms in total. The van der Waals surface area contributed by atoms with Crippen LogP contribution >= 0.6 is 0 Å². The Bertz CT molecular complexity index is 184. The average molecular weight is 225 g/mol. The minimum Gasteiger partial charge on any atom is -0.314 e. The smallest absolute Gasteiger partial charge is 0.00104 e. The fraction of sp³-hybridized carbons (Fsp3) is 1.00. The Labute approximate surface area is 102 Å². The van der Waals surface area contributed by atoms with Gasteiger partial charge in [0.1, 0.15) is 0 Å². The summed E-state index contributed by atoms with van der Waals surface area (Å²) in [6.45, 7) is 12.9. The van der Waals surface area contributed by atoms with Crippen molar-refractivity contribution >= 4 is 0 Å². The maximum atomic E-state index is 3.65. The van der Waals surface area contributed by atoms with E-state index in [1.54, 1.807) is 0 Å². The highest BCUT2D eigenvalue weighted by Gasteiger charge is 2.32. The molecule has 1 aliphatic rings. The van der Waals surface area contributed by atoms with Crippen LogP contribution in [0.4, 0.5) is 0 Å². The molecule has 0 spiro atoms. The summed E-state index contributed by atoms with van der Waals surface area (Å²) in [5.74, 6) is 1.80. The lowest BCUT2D eigenvalue weighted by molar-refractivity contribution is 0.120. The van der Waals surface area contributed by atoms with E-state index in [2.05, 4.69) is 39.9 Å². The van der Waals surface area contributed by atoms with Crippen molar-refractivity contribution in [2.24, 2.45) is 17.3 Å². The quantitative estimate of drug-likeness (QED) is 0.755. The zero-order chi connectivity index (χ0) is 12.2. The van der Waals surface area contributed by atoms with Crippen molar-refractivity contribution in [1.82, 2.24) is 5.32 Å². The van der Waals surface area contributed by atoms with Gasteiger partial charge in [-0.1, -0.05) is 66.7 Å². The monoisotopic (exact) mass is 225 g/mol. The molecular weight excluding hydrogens is 194 g/mol. The van der Waals surface area contributed by atoms with Gasteiger partial charge in [-0.2, -0.15) is 0 Å². The molecule has 0 aromatic carbocycles. The zero-order valence-electron chi connectivity index (χ0n) is 12.0. The first-order chi connectivity index (χ1) is 7.41. The Morgan fingerprint density at radius 1 is 1.06 bits per heavy atom. The van der Waals surface area contributed by atoms with Gasteiger partial charge in [0.15, 0.2) is 0 Å². The van der Waals surface area contributed by atoms with Crippen molar-refractivity contribution in [3.63, 3.8) is 0 Å². The molecule has 1 saturated carbocycles. The second kappa shape index (κ2) is 6.05. The Morgan fingerprint density at radius 2 is 1.62 bits per heavy atom. The maximum absolute atomic E-state index is 3.65. The van der Waals surface area contributed by atoms with E-state index in [1.165, 1.54) is 38.6 Å². The van der Waals surface area contributed by atoms with Gasteiger partial charge in [-0.15, -0.1) is 0 Å². The highest BCUT2D eigenvalue weighted by Crippen LogP contribution is 2.39. The van der Waals surface area contributed by atoms with Gasteiger partial charge in [0, 0.05) is 6.04 Å². The summed E-state index contributed by atoms with van der Waals surface area (Å²) in [6.07, 6.45) is 7.30. The van der Waals surface area contributed by atoms with Crippen LogP contribution in [0.3, 0.4) is 0 Å². The molecule has 16 heavy (non-hydrogen) atoms. The topological polar surface area (TPSA) is 12.0 Å². The van der Waals surface area contributed by atoms with Crippen LogP contribution in [0.15, 0.2) is 0 Å². The highest BCUT2D eigenvalue weighted by atomic mass is 14.9. The van der Waals surface area contributed by atoms with Crippen LogP contribution in [0.5, 0.6) is 0 Å². The average Bonchev–Trinajstić information content (AvgIpc) is 2.17. The van der Waals surface area contributed by atoms with Crippen LogP contribution in [0.2, 0.25) is 0 Å². The van der Waals surface area contributed by atoms with Gasteiger partial charge in [0.25, 0.3) is 0 Å². The third-order valence-electron chi connectivity index (χ3n) is 4.08. The summed E-state index contributed by atoms with van der Waals surface area (Å²) in [6, 6.07) is 0.619.